The number of ether oxygens (including phenoxy) is 2. The summed E-state index contributed by atoms with van der Waals surface area (Å²) in [7, 11) is 0. The van der Waals surface area contributed by atoms with Crippen molar-refractivity contribution in [1.29, 1.82) is 0 Å². The van der Waals surface area contributed by atoms with Crippen molar-refractivity contribution in [3.63, 3.8) is 0 Å². The fraction of sp³-hybridized carbons (Fsp3) is 1.00. The summed E-state index contributed by atoms with van der Waals surface area (Å²) in [5.74, 6) is 2.09. The third-order valence-corrected chi connectivity index (χ3v) is 7.54. The molecule has 22 heavy (non-hydrogen) atoms. The van der Waals surface area contributed by atoms with Crippen LogP contribution in [-0.2, 0) is 9.47 Å². The Bertz CT molecular complexity index is 451. The molecule has 2 heterocycles. The molecule has 2 heteroatoms. The van der Waals surface area contributed by atoms with Gasteiger partial charge < -0.3 is 9.47 Å². The summed E-state index contributed by atoms with van der Waals surface area (Å²) < 4.78 is 12.3. The van der Waals surface area contributed by atoms with Crippen LogP contribution in [0.2, 0.25) is 0 Å². The lowest BCUT2D eigenvalue weighted by Crippen LogP contribution is -2.40. The quantitative estimate of drug-likeness (QED) is 0.652. The minimum atomic E-state index is 0.0800. The van der Waals surface area contributed by atoms with Crippen molar-refractivity contribution in [2.75, 3.05) is 0 Å². The van der Waals surface area contributed by atoms with Crippen LogP contribution >= 0.6 is 0 Å². The van der Waals surface area contributed by atoms with Crippen LogP contribution in [0.5, 0.6) is 0 Å². The van der Waals surface area contributed by atoms with Crippen LogP contribution in [0.15, 0.2) is 0 Å². The van der Waals surface area contributed by atoms with Crippen molar-refractivity contribution in [1.82, 2.24) is 0 Å². The van der Waals surface area contributed by atoms with Gasteiger partial charge in [0.15, 0.2) is 0 Å². The predicted molar refractivity (Wildman–Crippen MR) is 90.9 cm³/mol. The molecule has 2 saturated heterocycles. The number of hydrogen-bond acceptors (Lipinski definition) is 2. The standard InChI is InChI=1S/C20H36O2/c1-13(2)16-18(7,14(3)4)11-12-20(16)19(8,22-20)10-9-15-17(5,6)21-15/h13-16H,9-12H2,1-8H3/t15?,16-,18-,19-,20+/m1/s1. The van der Waals surface area contributed by atoms with Crippen LogP contribution in [0.25, 0.3) is 0 Å². The fourth-order valence-electron chi connectivity index (χ4n) is 5.74. The van der Waals surface area contributed by atoms with Gasteiger partial charge in [-0.2, -0.15) is 0 Å². The van der Waals surface area contributed by atoms with Gasteiger partial charge in [-0.15, -0.1) is 0 Å². The van der Waals surface area contributed by atoms with E-state index < -0.39 is 0 Å². The molecule has 0 bridgehead atoms. The van der Waals surface area contributed by atoms with Crippen LogP contribution in [0.1, 0.15) is 81.1 Å². The Kier molecular flexibility index (Phi) is 3.60. The van der Waals surface area contributed by atoms with E-state index in [9.17, 15) is 0 Å². The molecule has 3 rings (SSSR count). The Morgan fingerprint density at radius 1 is 1.00 bits per heavy atom. The summed E-state index contributed by atoms with van der Waals surface area (Å²) in [4.78, 5) is 0. The molecular weight excluding hydrogens is 272 g/mol. The molecule has 2 nitrogen and oxygen atoms in total. The van der Waals surface area contributed by atoms with Gasteiger partial charge in [0.1, 0.15) is 5.60 Å². The summed E-state index contributed by atoms with van der Waals surface area (Å²) >= 11 is 0. The maximum Gasteiger partial charge on any atom is 0.101 e. The van der Waals surface area contributed by atoms with E-state index >= 15 is 0 Å². The highest BCUT2D eigenvalue weighted by Crippen LogP contribution is 2.70. The average molecular weight is 309 g/mol. The first-order chi connectivity index (χ1) is 9.99. The van der Waals surface area contributed by atoms with Crippen LogP contribution in [0, 0.1) is 23.2 Å². The maximum atomic E-state index is 6.56. The highest BCUT2D eigenvalue weighted by Gasteiger charge is 2.76. The van der Waals surface area contributed by atoms with Crippen molar-refractivity contribution in [3.8, 4) is 0 Å². The van der Waals surface area contributed by atoms with E-state index in [1.54, 1.807) is 0 Å². The fourth-order valence-corrected chi connectivity index (χ4v) is 5.74. The number of epoxide rings is 2. The van der Waals surface area contributed by atoms with Gasteiger partial charge in [-0.25, -0.2) is 0 Å². The second kappa shape index (κ2) is 4.72. The van der Waals surface area contributed by atoms with Gasteiger partial charge in [-0.1, -0.05) is 34.6 Å². The topological polar surface area (TPSA) is 25.1 Å². The lowest BCUT2D eigenvalue weighted by molar-refractivity contribution is 0.0673. The zero-order valence-corrected chi connectivity index (χ0v) is 16.0. The molecule has 0 radical (unpaired) electrons. The first kappa shape index (κ1) is 16.8. The Morgan fingerprint density at radius 3 is 2.05 bits per heavy atom. The van der Waals surface area contributed by atoms with Gasteiger partial charge in [-0.3, -0.25) is 0 Å². The molecular formula is C20H36O2. The largest absolute Gasteiger partial charge is 0.367 e. The first-order valence-electron chi connectivity index (χ1n) is 9.36. The maximum absolute atomic E-state index is 6.56. The molecule has 128 valence electrons. The Morgan fingerprint density at radius 2 is 1.59 bits per heavy atom. The number of rotatable bonds is 5. The van der Waals surface area contributed by atoms with E-state index in [1.165, 1.54) is 12.8 Å². The molecule has 5 atom stereocenters. The molecule has 1 spiro atoms. The van der Waals surface area contributed by atoms with Crippen LogP contribution in [0.3, 0.4) is 0 Å². The van der Waals surface area contributed by atoms with Crippen molar-refractivity contribution in [2.45, 2.75) is 104 Å². The molecule has 0 aromatic heterocycles. The zero-order chi connectivity index (χ0) is 16.6. The molecule has 2 aliphatic heterocycles. The lowest BCUT2D eigenvalue weighted by atomic mass is 9.63. The molecule has 1 aliphatic carbocycles. The van der Waals surface area contributed by atoms with Gasteiger partial charge in [0, 0.05) is 0 Å². The first-order valence-corrected chi connectivity index (χ1v) is 9.36. The molecule has 0 aromatic rings. The summed E-state index contributed by atoms with van der Waals surface area (Å²) in [6.07, 6.45) is 5.30. The highest BCUT2D eigenvalue weighted by atomic mass is 16.6. The van der Waals surface area contributed by atoms with Gasteiger partial charge in [0.25, 0.3) is 0 Å². The van der Waals surface area contributed by atoms with E-state index in [0.29, 0.717) is 23.4 Å². The van der Waals surface area contributed by atoms with E-state index in [4.69, 9.17) is 9.47 Å². The average Bonchev–Trinajstić information content (AvgIpc) is 3.12. The lowest BCUT2D eigenvalue weighted by Gasteiger charge is -2.40. The van der Waals surface area contributed by atoms with Gasteiger partial charge >= 0.3 is 0 Å². The van der Waals surface area contributed by atoms with Crippen LogP contribution in [0.4, 0.5) is 0 Å². The smallest absolute Gasteiger partial charge is 0.101 e. The summed E-state index contributed by atoms with van der Waals surface area (Å²) in [6, 6.07) is 0. The predicted octanol–water partition coefficient (Wildman–Crippen LogP) is 5.20. The third-order valence-electron chi connectivity index (χ3n) is 7.54. The minimum absolute atomic E-state index is 0.0800. The van der Waals surface area contributed by atoms with Crippen LogP contribution in [-0.4, -0.2) is 22.9 Å². The van der Waals surface area contributed by atoms with Crippen molar-refractivity contribution in [2.24, 2.45) is 23.2 Å². The van der Waals surface area contributed by atoms with Crippen molar-refractivity contribution in [3.05, 3.63) is 0 Å². The molecule has 0 amide bonds. The Balaban J connectivity index is 1.74. The minimum Gasteiger partial charge on any atom is -0.367 e. The van der Waals surface area contributed by atoms with E-state index in [1.807, 2.05) is 0 Å². The van der Waals surface area contributed by atoms with E-state index in [0.717, 1.165) is 18.8 Å². The highest BCUT2D eigenvalue weighted by molar-refractivity contribution is 5.24. The molecule has 0 aromatic carbocycles. The molecule has 3 fully saturated rings. The zero-order valence-electron chi connectivity index (χ0n) is 16.0. The monoisotopic (exact) mass is 308 g/mol. The molecule has 0 N–H and O–H groups in total. The number of hydrogen-bond donors (Lipinski definition) is 0. The second-order valence-corrected chi connectivity index (χ2v) is 9.85. The molecule has 1 saturated carbocycles. The summed E-state index contributed by atoms with van der Waals surface area (Å²) in [5, 5.41) is 0. The SMILES string of the molecule is CC(C)[C@H]1[C@]2(CC[C@]1(C)C(C)C)O[C@]2(C)CCC1OC1(C)C. The van der Waals surface area contributed by atoms with Crippen molar-refractivity contribution >= 4 is 0 Å². The normalized spacial score (nSPS) is 49.4. The van der Waals surface area contributed by atoms with Gasteiger partial charge in [0.05, 0.1) is 17.3 Å². The van der Waals surface area contributed by atoms with E-state index in [2.05, 4.69) is 55.4 Å². The molecule has 1 unspecified atom stereocenters. The summed E-state index contributed by atoms with van der Waals surface area (Å²) in [5.41, 5.74) is 0.745. The van der Waals surface area contributed by atoms with Crippen molar-refractivity contribution < 1.29 is 9.47 Å². The Labute approximate surface area is 137 Å². The Hall–Kier alpha value is -0.0800. The molecule has 3 aliphatic rings. The van der Waals surface area contributed by atoms with Gasteiger partial charge in [0.2, 0.25) is 0 Å². The van der Waals surface area contributed by atoms with Gasteiger partial charge in [-0.05, 0) is 69.6 Å². The van der Waals surface area contributed by atoms with Crippen LogP contribution < -0.4 is 0 Å². The van der Waals surface area contributed by atoms with E-state index in [-0.39, 0.29) is 16.8 Å². The summed E-state index contributed by atoms with van der Waals surface area (Å²) in [6.45, 7) is 18.9. The second-order valence-electron chi connectivity index (χ2n) is 9.85. The third kappa shape index (κ3) is 2.20.